The first kappa shape index (κ1) is 13.8. The zero-order valence-corrected chi connectivity index (χ0v) is 11.5. The highest BCUT2D eigenvalue weighted by Crippen LogP contribution is 2.43. The van der Waals surface area contributed by atoms with E-state index >= 15 is 0 Å². The van der Waals surface area contributed by atoms with Crippen molar-refractivity contribution in [2.75, 3.05) is 14.2 Å². The lowest BCUT2D eigenvalue weighted by atomic mass is 9.77. The lowest BCUT2D eigenvalue weighted by Crippen LogP contribution is -2.43. The van der Waals surface area contributed by atoms with E-state index in [2.05, 4.69) is 0 Å². The van der Waals surface area contributed by atoms with Crippen LogP contribution in [0.2, 0.25) is 5.02 Å². The number of methoxy groups -OCH3 is 2. The standard InChI is InChI=1S/C14H19ClO3/c1-17-14(18-2)9-7-13(16,8-10-14)11-3-5-12(15)6-4-11/h3-6,16H,7-10H2,1-2H3. The molecular formula is C14H19ClO3. The summed E-state index contributed by atoms with van der Waals surface area (Å²) in [4.78, 5) is 0. The summed E-state index contributed by atoms with van der Waals surface area (Å²) in [6, 6.07) is 7.39. The van der Waals surface area contributed by atoms with E-state index in [1.807, 2.05) is 24.3 Å². The van der Waals surface area contributed by atoms with Gasteiger partial charge in [-0.05, 0) is 30.5 Å². The number of aliphatic hydroxyl groups is 1. The fourth-order valence-electron chi connectivity index (χ4n) is 2.58. The van der Waals surface area contributed by atoms with E-state index in [1.165, 1.54) is 0 Å². The van der Waals surface area contributed by atoms with Gasteiger partial charge >= 0.3 is 0 Å². The van der Waals surface area contributed by atoms with Gasteiger partial charge in [0.05, 0.1) is 5.60 Å². The normalized spacial score (nSPS) is 21.8. The van der Waals surface area contributed by atoms with E-state index in [0.717, 1.165) is 5.56 Å². The van der Waals surface area contributed by atoms with Gasteiger partial charge in [0, 0.05) is 32.1 Å². The predicted octanol–water partition coefficient (Wildman–Crippen LogP) is 3.09. The van der Waals surface area contributed by atoms with E-state index in [9.17, 15) is 5.11 Å². The highest BCUT2D eigenvalue weighted by atomic mass is 35.5. The van der Waals surface area contributed by atoms with Crippen molar-refractivity contribution in [3.05, 3.63) is 34.9 Å². The van der Waals surface area contributed by atoms with Gasteiger partial charge in [-0.2, -0.15) is 0 Å². The maximum atomic E-state index is 10.7. The summed E-state index contributed by atoms with van der Waals surface area (Å²) < 4.78 is 10.8. The molecule has 18 heavy (non-hydrogen) atoms. The van der Waals surface area contributed by atoms with Crippen LogP contribution >= 0.6 is 11.6 Å². The van der Waals surface area contributed by atoms with Gasteiger partial charge in [0.2, 0.25) is 0 Å². The Morgan fingerprint density at radius 3 is 1.94 bits per heavy atom. The van der Waals surface area contributed by atoms with Crippen molar-refractivity contribution in [3.63, 3.8) is 0 Å². The lowest BCUT2D eigenvalue weighted by molar-refractivity contribution is -0.243. The van der Waals surface area contributed by atoms with Gasteiger partial charge in [0.1, 0.15) is 0 Å². The van der Waals surface area contributed by atoms with E-state index < -0.39 is 11.4 Å². The summed E-state index contributed by atoms with van der Waals surface area (Å²) >= 11 is 5.86. The maximum Gasteiger partial charge on any atom is 0.167 e. The van der Waals surface area contributed by atoms with Crippen LogP contribution in [0.1, 0.15) is 31.2 Å². The van der Waals surface area contributed by atoms with Gasteiger partial charge in [0.25, 0.3) is 0 Å². The van der Waals surface area contributed by atoms with Crippen molar-refractivity contribution >= 4 is 11.6 Å². The smallest absolute Gasteiger partial charge is 0.167 e. The Labute approximate surface area is 113 Å². The number of benzene rings is 1. The molecule has 4 heteroatoms. The van der Waals surface area contributed by atoms with Crippen LogP contribution in [0.5, 0.6) is 0 Å². The molecular weight excluding hydrogens is 252 g/mol. The minimum atomic E-state index is -0.800. The van der Waals surface area contributed by atoms with Crippen molar-refractivity contribution < 1.29 is 14.6 Å². The monoisotopic (exact) mass is 270 g/mol. The Morgan fingerprint density at radius 1 is 1.00 bits per heavy atom. The van der Waals surface area contributed by atoms with Crippen molar-refractivity contribution in [1.82, 2.24) is 0 Å². The molecule has 0 amide bonds. The van der Waals surface area contributed by atoms with Crippen LogP contribution in [0, 0.1) is 0 Å². The van der Waals surface area contributed by atoms with Crippen molar-refractivity contribution in [2.45, 2.75) is 37.1 Å². The number of ether oxygens (including phenoxy) is 2. The minimum absolute atomic E-state index is 0.543. The summed E-state index contributed by atoms with van der Waals surface area (Å²) in [5.41, 5.74) is 0.109. The molecule has 0 atom stereocenters. The molecule has 1 aromatic carbocycles. The molecule has 0 radical (unpaired) electrons. The summed E-state index contributed by atoms with van der Waals surface area (Å²) in [6.45, 7) is 0. The topological polar surface area (TPSA) is 38.7 Å². The fraction of sp³-hybridized carbons (Fsp3) is 0.571. The van der Waals surface area contributed by atoms with Crippen molar-refractivity contribution in [3.8, 4) is 0 Å². The Balaban J connectivity index is 2.14. The second kappa shape index (κ2) is 5.17. The molecule has 2 rings (SSSR count). The summed E-state index contributed by atoms with van der Waals surface area (Å²) in [6.07, 6.45) is 2.60. The highest BCUT2D eigenvalue weighted by molar-refractivity contribution is 6.30. The largest absolute Gasteiger partial charge is 0.385 e. The average Bonchev–Trinajstić information content (AvgIpc) is 2.41. The SMILES string of the molecule is COC1(OC)CCC(O)(c2ccc(Cl)cc2)CC1. The fourth-order valence-corrected chi connectivity index (χ4v) is 2.71. The third-order valence-corrected chi connectivity index (χ3v) is 4.22. The van der Waals surface area contributed by atoms with Crippen molar-refractivity contribution in [2.24, 2.45) is 0 Å². The molecule has 1 saturated carbocycles. The van der Waals surface area contributed by atoms with Gasteiger partial charge in [-0.3, -0.25) is 0 Å². The second-order valence-corrected chi connectivity index (χ2v) is 5.29. The lowest BCUT2D eigenvalue weighted by Gasteiger charge is -2.42. The van der Waals surface area contributed by atoms with Gasteiger partial charge in [0.15, 0.2) is 5.79 Å². The van der Waals surface area contributed by atoms with Crippen LogP contribution in [-0.2, 0) is 15.1 Å². The Morgan fingerprint density at radius 2 is 1.50 bits per heavy atom. The molecule has 1 aromatic rings. The van der Waals surface area contributed by atoms with Crippen LogP contribution in [0.3, 0.4) is 0 Å². The molecule has 100 valence electrons. The Bertz CT molecular complexity index is 388. The molecule has 0 bridgehead atoms. The van der Waals surface area contributed by atoms with Crippen LogP contribution in [-0.4, -0.2) is 25.1 Å². The van der Waals surface area contributed by atoms with Gasteiger partial charge in [-0.25, -0.2) is 0 Å². The number of hydrogen-bond donors (Lipinski definition) is 1. The molecule has 0 spiro atoms. The zero-order chi connectivity index (χ0) is 13.2. The van der Waals surface area contributed by atoms with Crippen LogP contribution in [0.15, 0.2) is 24.3 Å². The molecule has 1 aliphatic rings. The minimum Gasteiger partial charge on any atom is -0.385 e. The number of rotatable bonds is 3. The predicted molar refractivity (Wildman–Crippen MR) is 70.6 cm³/mol. The van der Waals surface area contributed by atoms with Crippen LogP contribution < -0.4 is 0 Å². The van der Waals surface area contributed by atoms with Gasteiger partial charge in [-0.1, -0.05) is 23.7 Å². The molecule has 3 nitrogen and oxygen atoms in total. The summed E-state index contributed by atoms with van der Waals surface area (Å²) in [5.74, 6) is -0.543. The maximum absolute atomic E-state index is 10.7. The highest BCUT2D eigenvalue weighted by Gasteiger charge is 2.43. The number of hydrogen-bond acceptors (Lipinski definition) is 3. The molecule has 1 fully saturated rings. The number of halogens is 1. The van der Waals surface area contributed by atoms with E-state index in [1.54, 1.807) is 14.2 Å². The molecule has 1 aliphatic carbocycles. The Kier molecular flexibility index (Phi) is 3.97. The van der Waals surface area contributed by atoms with Crippen molar-refractivity contribution in [1.29, 1.82) is 0 Å². The molecule has 0 unspecified atom stereocenters. The molecule has 0 saturated heterocycles. The molecule has 0 aromatic heterocycles. The van der Waals surface area contributed by atoms with Crippen LogP contribution in [0.25, 0.3) is 0 Å². The first-order chi connectivity index (χ1) is 8.53. The quantitative estimate of drug-likeness (QED) is 0.858. The third-order valence-electron chi connectivity index (χ3n) is 3.96. The van der Waals surface area contributed by atoms with Gasteiger partial charge in [-0.15, -0.1) is 0 Å². The molecule has 1 N–H and O–H groups in total. The van der Waals surface area contributed by atoms with E-state index in [-0.39, 0.29) is 0 Å². The van der Waals surface area contributed by atoms with E-state index in [4.69, 9.17) is 21.1 Å². The average molecular weight is 271 g/mol. The zero-order valence-electron chi connectivity index (χ0n) is 10.8. The summed E-state index contributed by atoms with van der Waals surface area (Å²) in [7, 11) is 3.30. The van der Waals surface area contributed by atoms with E-state index in [0.29, 0.717) is 30.7 Å². The molecule has 0 aliphatic heterocycles. The Hall–Kier alpha value is -0.610. The van der Waals surface area contributed by atoms with Crippen LogP contribution in [0.4, 0.5) is 0 Å². The molecule has 0 heterocycles. The van der Waals surface area contributed by atoms with Gasteiger partial charge < -0.3 is 14.6 Å². The third kappa shape index (κ3) is 2.54. The summed E-state index contributed by atoms with van der Waals surface area (Å²) in [5, 5.41) is 11.4. The first-order valence-corrected chi connectivity index (χ1v) is 6.50. The first-order valence-electron chi connectivity index (χ1n) is 6.12. The second-order valence-electron chi connectivity index (χ2n) is 4.86.